The minimum absolute atomic E-state index is 0.130. The zero-order valence-electron chi connectivity index (χ0n) is 13.4. The standard InChI is InChI=1S/C17H26BrN3O/c1-17(19,13-7-9-14(18)10-8-13)16(22)20-11-12-21(2)15-5-3-4-6-15/h7-10,15H,3-6,11-12,19H2,1-2H3,(H,20,22). The molecule has 0 bridgehead atoms. The van der Waals surface area contributed by atoms with Crippen LogP contribution in [0.25, 0.3) is 0 Å². The number of hydrogen-bond acceptors (Lipinski definition) is 3. The molecule has 3 N–H and O–H groups in total. The Morgan fingerprint density at radius 2 is 1.95 bits per heavy atom. The average Bonchev–Trinajstić information content (AvgIpc) is 3.01. The third kappa shape index (κ3) is 4.31. The lowest BCUT2D eigenvalue weighted by Crippen LogP contribution is -2.50. The number of carbonyl (C=O) groups excluding carboxylic acids is 1. The Morgan fingerprint density at radius 1 is 1.36 bits per heavy atom. The highest BCUT2D eigenvalue weighted by Crippen LogP contribution is 2.22. The molecular weight excluding hydrogens is 342 g/mol. The average molecular weight is 368 g/mol. The van der Waals surface area contributed by atoms with Gasteiger partial charge < -0.3 is 16.0 Å². The highest BCUT2D eigenvalue weighted by molar-refractivity contribution is 9.10. The third-order valence-corrected chi connectivity index (χ3v) is 5.14. The molecule has 5 heteroatoms. The van der Waals surface area contributed by atoms with Gasteiger partial charge in [0.25, 0.3) is 0 Å². The lowest BCUT2D eigenvalue weighted by Gasteiger charge is -2.27. The maximum absolute atomic E-state index is 12.4. The Kier molecular flexibility index (Phi) is 6.01. The van der Waals surface area contributed by atoms with Crippen LogP contribution < -0.4 is 11.1 Å². The van der Waals surface area contributed by atoms with Crippen LogP contribution in [-0.2, 0) is 10.3 Å². The highest BCUT2D eigenvalue weighted by atomic mass is 79.9. The first-order valence-corrected chi connectivity index (χ1v) is 8.74. The Balaban J connectivity index is 1.84. The van der Waals surface area contributed by atoms with Gasteiger partial charge in [-0.05, 0) is 44.5 Å². The van der Waals surface area contributed by atoms with Gasteiger partial charge in [0.15, 0.2) is 0 Å². The van der Waals surface area contributed by atoms with Crippen molar-refractivity contribution in [2.45, 2.75) is 44.2 Å². The molecule has 1 aliphatic carbocycles. The summed E-state index contributed by atoms with van der Waals surface area (Å²) in [6.45, 7) is 3.26. The van der Waals surface area contributed by atoms with Gasteiger partial charge in [-0.1, -0.05) is 40.9 Å². The summed E-state index contributed by atoms with van der Waals surface area (Å²) in [7, 11) is 2.14. The van der Waals surface area contributed by atoms with Crippen molar-refractivity contribution in [2.75, 3.05) is 20.1 Å². The van der Waals surface area contributed by atoms with E-state index in [0.29, 0.717) is 12.6 Å². The normalized spacial score (nSPS) is 18.4. The van der Waals surface area contributed by atoms with Crippen LogP contribution in [0.4, 0.5) is 0 Å². The maximum atomic E-state index is 12.4. The fraction of sp³-hybridized carbons (Fsp3) is 0.588. The molecule has 0 radical (unpaired) electrons. The van der Waals surface area contributed by atoms with Crippen LogP contribution in [0.3, 0.4) is 0 Å². The van der Waals surface area contributed by atoms with Crippen molar-refractivity contribution in [1.82, 2.24) is 10.2 Å². The van der Waals surface area contributed by atoms with Gasteiger partial charge in [-0.2, -0.15) is 0 Å². The molecule has 0 spiro atoms. The van der Waals surface area contributed by atoms with Crippen molar-refractivity contribution < 1.29 is 4.79 Å². The van der Waals surface area contributed by atoms with E-state index in [1.54, 1.807) is 6.92 Å². The van der Waals surface area contributed by atoms with Crippen LogP contribution in [-0.4, -0.2) is 37.0 Å². The molecule has 2 rings (SSSR count). The van der Waals surface area contributed by atoms with Crippen LogP contribution in [0.5, 0.6) is 0 Å². The van der Waals surface area contributed by atoms with Gasteiger partial charge in [-0.3, -0.25) is 4.79 Å². The van der Waals surface area contributed by atoms with Crippen molar-refractivity contribution in [1.29, 1.82) is 0 Å². The predicted octanol–water partition coefficient (Wildman–Crippen LogP) is 2.61. The summed E-state index contributed by atoms with van der Waals surface area (Å²) in [4.78, 5) is 14.7. The Bertz CT molecular complexity index is 495. The van der Waals surface area contributed by atoms with E-state index < -0.39 is 5.54 Å². The fourth-order valence-corrected chi connectivity index (χ4v) is 3.25. The molecule has 1 saturated carbocycles. The predicted molar refractivity (Wildman–Crippen MR) is 93.6 cm³/mol. The van der Waals surface area contributed by atoms with Gasteiger partial charge in [0.05, 0.1) is 0 Å². The lowest BCUT2D eigenvalue weighted by molar-refractivity contribution is -0.126. The number of rotatable bonds is 6. The molecule has 4 nitrogen and oxygen atoms in total. The number of amides is 1. The molecular formula is C17H26BrN3O. The van der Waals surface area contributed by atoms with E-state index in [2.05, 4.69) is 33.2 Å². The molecule has 1 amide bonds. The summed E-state index contributed by atoms with van der Waals surface area (Å²) in [6, 6.07) is 8.25. The van der Waals surface area contributed by atoms with E-state index in [0.717, 1.165) is 16.6 Å². The zero-order chi connectivity index (χ0) is 16.2. The Hall–Kier alpha value is -0.910. The molecule has 1 atom stereocenters. The lowest BCUT2D eigenvalue weighted by atomic mass is 9.92. The van der Waals surface area contributed by atoms with Gasteiger partial charge in [-0.15, -0.1) is 0 Å². The van der Waals surface area contributed by atoms with Gasteiger partial charge in [0, 0.05) is 23.6 Å². The summed E-state index contributed by atoms with van der Waals surface area (Å²) >= 11 is 3.39. The molecule has 0 aromatic heterocycles. The van der Waals surface area contributed by atoms with E-state index in [4.69, 9.17) is 5.73 Å². The first-order valence-electron chi connectivity index (χ1n) is 7.94. The van der Waals surface area contributed by atoms with Crippen molar-refractivity contribution in [3.8, 4) is 0 Å². The third-order valence-electron chi connectivity index (χ3n) is 4.61. The molecule has 1 fully saturated rings. The molecule has 122 valence electrons. The summed E-state index contributed by atoms with van der Waals surface area (Å²) < 4.78 is 0.977. The number of halogens is 1. The highest BCUT2D eigenvalue weighted by Gasteiger charge is 2.30. The summed E-state index contributed by atoms with van der Waals surface area (Å²) in [5.41, 5.74) is 6.04. The second-order valence-electron chi connectivity index (χ2n) is 6.38. The van der Waals surface area contributed by atoms with E-state index in [1.165, 1.54) is 25.7 Å². The maximum Gasteiger partial charge on any atom is 0.244 e. The Labute approximate surface area is 141 Å². The topological polar surface area (TPSA) is 58.4 Å². The molecule has 1 aromatic carbocycles. The number of carbonyl (C=O) groups is 1. The molecule has 0 saturated heterocycles. The van der Waals surface area contributed by atoms with Crippen LogP contribution in [0.1, 0.15) is 38.2 Å². The summed E-state index contributed by atoms with van der Waals surface area (Å²) in [5, 5.41) is 2.97. The monoisotopic (exact) mass is 367 g/mol. The van der Waals surface area contributed by atoms with Gasteiger partial charge >= 0.3 is 0 Å². The second-order valence-corrected chi connectivity index (χ2v) is 7.30. The van der Waals surface area contributed by atoms with Crippen LogP contribution >= 0.6 is 15.9 Å². The van der Waals surface area contributed by atoms with Crippen LogP contribution in [0.2, 0.25) is 0 Å². The summed E-state index contributed by atoms with van der Waals surface area (Å²) in [5.74, 6) is -0.130. The number of benzene rings is 1. The quantitative estimate of drug-likeness (QED) is 0.812. The molecule has 0 heterocycles. The van der Waals surface area contributed by atoms with E-state index in [-0.39, 0.29) is 5.91 Å². The summed E-state index contributed by atoms with van der Waals surface area (Å²) in [6.07, 6.45) is 5.20. The Morgan fingerprint density at radius 3 is 2.55 bits per heavy atom. The number of nitrogens with zero attached hydrogens (tertiary/aromatic N) is 1. The molecule has 1 aliphatic rings. The van der Waals surface area contributed by atoms with Crippen molar-refractivity contribution >= 4 is 21.8 Å². The molecule has 1 unspecified atom stereocenters. The smallest absolute Gasteiger partial charge is 0.244 e. The number of nitrogens with one attached hydrogen (secondary N) is 1. The van der Waals surface area contributed by atoms with Gasteiger partial charge in [0.1, 0.15) is 5.54 Å². The number of hydrogen-bond donors (Lipinski definition) is 2. The van der Waals surface area contributed by atoms with E-state index in [1.807, 2.05) is 24.3 Å². The van der Waals surface area contributed by atoms with E-state index in [9.17, 15) is 4.79 Å². The van der Waals surface area contributed by atoms with Crippen molar-refractivity contribution in [3.05, 3.63) is 34.3 Å². The molecule has 22 heavy (non-hydrogen) atoms. The van der Waals surface area contributed by atoms with Crippen LogP contribution in [0.15, 0.2) is 28.7 Å². The number of nitrogens with two attached hydrogens (primary N) is 1. The van der Waals surface area contributed by atoms with Crippen molar-refractivity contribution in [3.63, 3.8) is 0 Å². The fourth-order valence-electron chi connectivity index (χ4n) is 2.98. The second kappa shape index (κ2) is 7.57. The minimum atomic E-state index is -1.01. The first-order chi connectivity index (χ1) is 10.4. The minimum Gasteiger partial charge on any atom is -0.353 e. The molecule has 1 aromatic rings. The van der Waals surface area contributed by atoms with Gasteiger partial charge in [-0.25, -0.2) is 0 Å². The SMILES string of the molecule is CN(CCNC(=O)C(C)(N)c1ccc(Br)cc1)C1CCCC1. The van der Waals surface area contributed by atoms with Crippen LogP contribution in [0, 0.1) is 0 Å². The van der Waals surface area contributed by atoms with Gasteiger partial charge in [0.2, 0.25) is 5.91 Å². The molecule has 0 aliphatic heterocycles. The van der Waals surface area contributed by atoms with E-state index >= 15 is 0 Å². The van der Waals surface area contributed by atoms with Crippen molar-refractivity contribution in [2.24, 2.45) is 5.73 Å². The number of likely N-dealkylation sites (N-methyl/N-ethyl adjacent to an activating group) is 1. The zero-order valence-corrected chi connectivity index (χ0v) is 15.0. The largest absolute Gasteiger partial charge is 0.353 e. The first kappa shape index (κ1) is 17.4.